The average molecular weight is 238 g/mol. The molecule has 2 aliphatic heterocycles. The Balaban J connectivity index is 2.03. The van der Waals surface area contributed by atoms with E-state index in [1.165, 1.54) is 6.07 Å². The van der Waals surface area contributed by atoms with Gasteiger partial charge in [0.2, 0.25) is 6.29 Å². The number of rotatable bonds is 1. The molecule has 2 bridgehead atoms. The van der Waals surface area contributed by atoms with Gasteiger partial charge in [0.05, 0.1) is 12.6 Å². The van der Waals surface area contributed by atoms with E-state index in [1.807, 2.05) is 0 Å². The van der Waals surface area contributed by atoms with Crippen LogP contribution in [0.2, 0.25) is 0 Å². The topological polar surface area (TPSA) is 90.4 Å². The lowest BCUT2D eigenvalue weighted by molar-refractivity contribution is -0.156. The van der Waals surface area contributed by atoms with Crippen molar-refractivity contribution in [2.75, 3.05) is 6.61 Å². The third-order valence-corrected chi connectivity index (χ3v) is 2.99. The number of hydrogen-bond acceptors (Lipinski definition) is 5. The fourth-order valence-electron chi connectivity index (χ4n) is 2.17. The number of nitrogens with zero attached hydrogens (tertiary/aromatic N) is 1. The number of fused-ring (bicyclic) bond motifs is 2. The van der Waals surface area contributed by atoms with Gasteiger partial charge in [-0.2, -0.15) is 0 Å². The number of carbonyl (C=O) groups excluding carboxylic acids is 1. The maximum Gasteiger partial charge on any atom is 0.265 e. The van der Waals surface area contributed by atoms with Crippen LogP contribution in [0.15, 0.2) is 21.7 Å². The molecule has 7 nitrogen and oxygen atoms in total. The van der Waals surface area contributed by atoms with Crippen molar-refractivity contribution in [3.8, 4) is 0 Å². The van der Waals surface area contributed by atoms with E-state index in [0.717, 1.165) is 10.7 Å². The quantitative estimate of drug-likeness (QED) is 0.663. The Morgan fingerprint density at radius 3 is 2.94 bits per heavy atom. The molecule has 1 unspecified atom stereocenters. The molecule has 1 aromatic heterocycles. The van der Waals surface area contributed by atoms with Crippen molar-refractivity contribution in [1.29, 1.82) is 0 Å². The van der Waals surface area contributed by atoms with E-state index in [0.29, 0.717) is 0 Å². The normalized spacial score (nSPS) is 31.8. The molecule has 0 radical (unpaired) electrons. The summed E-state index contributed by atoms with van der Waals surface area (Å²) in [6.45, 7) is 0.254. The molecule has 0 amide bonds. The van der Waals surface area contributed by atoms with E-state index < -0.39 is 17.9 Å². The Hall–Kier alpha value is -1.73. The summed E-state index contributed by atoms with van der Waals surface area (Å²) >= 11 is 0. The second-order valence-corrected chi connectivity index (χ2v) is 4.10. The fourth-order valence-corrected chi connectivity index (χ4v) is 2.17. The zero-order chi connectivity index (χ0) is 12.0. The van der Waals surface area contributed by atoms with E-state index in [2.05, 4.69) is 5.10 Å². The van der Waals surface area contributed by atoms with Crippen molar-refractivity contribution in [1.82, 2.24) is 9.78 Å². The first-order chi connectivity index (χ1) is 8.15. The van der Waals surface area contributed by atoms with E-state index in [1.54, 1.807) is 0 Å². The number of aromatic amines is 1. The highest BCUT2D eigenvalue weighted by atomic mass is 16.7. The zero-order valence-electron chi connectivity index (χ0n) is 8.79. The van der Waals surface area contributed by atoms with Crippen molar-refractivity contribution in [3.05, 3.63) is 32.8 Å². The van der Waals surface area contributed by atoms with Gasteiger partial charge in [0.25, 0.3) is 11.1 Å². The number of carbonyl (C=O) groups is 1. The smallest absolute Gasteiger partial charge is 0.265 e. The molecule has 2 aliphatic rings. The first-order valence-electron chi connectivity index (χ1n) is 5.27. The predicted octanol–water partition coefficient (Wildman–Crippen LogP) is -1.21. The van der Waals surface area contributed by atoms with Crippen LogP contribution in [0.25, 0.3) is 0 Å². The third-order valence-electron chi connectivity index (χ3n) is 2.99. The van der Waals surface area contributed by atoms with Crippen LogP contribution in [0.4, 0.5) is 0 Å². The monoisotopic (exact) mass is 238 g/mol. The number of nitrogens with one attached hydrogen (secondary N) is 1. The molecular formula is C10H10N2O5. The van der Waals surface area contributed by atoms with Crippen LogP contribution in [0, 0.1) is 0 Å². The van der Waals surface area contributed by atoms with Crippen LogP contribution >= 0.6 is 0 Å². The van der Waals surface area contributed by atoms with E-state index >= 15 is 0 Å². The number of Topliss-reactive ketones (excluding diaryl/α,β-unsaturated/α-hetero) is 1. The molecule has 3 atom stereocenters. The van der Waals surface area contributed by atoms with Gasteiger partial charge in [-0.15, -0.1) is 0 Å². The lowest BCUT2D eigenvalue weighted by Gasteiger charge is -2.27. The molecule has 2 fully saturated rings. The molecule has 1 aromatic rings. The summed E-state index contributed by atoms with van der Waals surface area (Å²) in [4.78, 5) is 34.4. The molecule has 2 saturated heterocycles. The molecular weight excluding hydrogens is 228 g/mol. The summed E-state index contributed by atoms with van der Waals surface area (Å²) in [5.41, 5.74) is -0.755. The van der Waals surface area contributed by atoms with Crippen LogP contribution in [0.1, 0.15) is 12.5 Å². The summed E-state index contributed by atoms with van der Waals surface area (Å²) in [5, 5.41) is 2.41. The van der Waals surface area contributed by atoms with Crippen molar-refractivity contribution in [3.63, 3.8) is 0 Å². The highest BCUT2D eigenvalue weighted by molar-refractivity contribution is 5.83. The Kier molecular flexibility index (Phi) is 2.23. The lowest BCUT2D eigenvalue weighted by Crippen LogP contribution is -2.43. The highest BCUT2D eigenvalue weighted by Gasteiger charge is 2.44. The largest absolute Gasteiger partial charge is 0.343 e. The maximum absolute atomic E-state index is 11.6. The number of ether oxygens (including phenoxy) is 2. The minimum absolute atomic E-state index is 0.134. The molecule has 17 heavy (non-hydrogen) atoms. The molecule has 3 heterocycles. The van der Waals surface area contributed by atoms with Crippen molar-refractivity contribution in [2.45, 2.75) is 24.9 Å². The SMILES string of the molecule is O=C1C[C@H](n2[nH]c(=O)ccc2=O)C2CO[C@@H]1O2. The van der Waals surface area contributed by atoms with Crippen LogP contribution in [0.5, 0.6) is 0 Å². The van der Waals surface area contributed by atoms with Crippen molar-refractivity contribution >= 4 is 5.78 Å². The second-order valence-electron chi connectivity index (χ2n) is 4.10. The first kappa shape index (κ1) is 10.4. The number of H-pyrrole nitrogens is 1. The van der Waals surface area contributed by atoms with Gasteiger partial charge in [0, 0.05) is 18.6 Å². The van der Waals surface area contributed by atoms with Crippen LogP contribution < -0.4 is 11.1 Å². The van der Waals surface area contributed by atoms with Crippen LogP contribution in [0.3, 0.4) is 0 Å². The second kappa shape index (κ2) is 3.64. The molecule has 0 spiro atoms. The highest BCUT2D eigenvalue weighted by Crippen LogP contribution is 2.31. The van der Waals surface area contributed by atoms with Gasteiger partial charge < -0.3 is 9.47 Å². The molecule has 0 saturated carbocycles. The van der Waals surface area contributed by atoms with Crippen LogP contribution in [-0.4, -0.2) is 34.6 Å². The minimum Gasteiger partial charge on any atom is -0.343 e. The number of aromatic nitrogens is 2. The van der Waals surface area contributed by atoms with Gasteiger partial charge >= 0.3 is 0 Å². The van der Waals surface area contributed by atoms with E-state index in [-0.39, 0.29) is 30.5 Å². The van der Waals surface area contributed by atoms with Gasteiger partial charge in [-0.05, 0) is 0 Å². The molecule has 7 heteroatoms. The third kappa shape index (κ3) is 1.63. The average Bonchev–Trinajstić information content (AvgIpc) is 2.73. The molecule has 1 N–H and O–H groups in total. The van der Waals surface area contributed by atoms with E-state index in [9.17, 15) is 14.4 Å². The Bertz CT molecular complexity index is 575. The zero-order valence-corrected chi connectivity index (χ0v) is 8.79. The Labute approximate surface area is 94.9 Å². The molecule has 0 aliphatic carbocycles. The number of hydrogen-bond donors (Lipinski definition) is 1. The molecule has 90 valence electrons. The van der Waals surface area contributed by atoms with E-state index in [4.69, 9.17) is 9.47 Å². The summed E-state index contributed by atoms with van der Waals surface area (Å²) in [7, 11) is 0. The summed E-state index contributed by atoms with van der Waals surface area (Å²) in [5.74, 6) is -0.208. The van der Waals surface area contributed by atoms with Crippen molar-refractivity contribution in [2.24, 2.45) is 0 Å². The Morgan fingerprint density at radius 1 is 1.29 bits per heavy atom. The van der Waals surface area contributed by atoms with Crippen molar-refractivity contribution < 1.29 is 14.3 Å². The first-order valence-corrected chi connectivity index (χ1v) is 5.27. The standard InChI is InChI=1S/C10H10N2O5/c13-6-3-5(7-4-16-10(6)17-7)12-9(15)2-1-8(14)11-12/h1-2,5,7,10H,3-4H2,(H,11,14)/t5-,7?,10+/m0/s1. The van der Waals surface area contributed by atoms with Gasteiger partial charge in [-0.3, -0.25) is 19.5 Å². The maximum atomic E-state index is 11.6. The lowest BCUT2D eigenvalue weighted by atomic mass is 10.0. The van der Waals surface area contributed by atoms with Gasteiger partial charge in [-0.1, -0.05) is 0 Å². The van der Waals surface area contributed by atoms with Gasteiger partial charge in [0.1, 0.15) is 6.10 Å². The molecule has 3 rings (SSSR count). The molecule has 0 aromatic carbocycles. The summed E-state index contributed by atoms with van der Waals surface area (Å²) < 4.78 is 11.6. The minimum atomic E-state index is -0.803. The summed E-state index contributed by atoms with van der Waals surface area (Å²) in [6.07, 6.45) is -1.04. The summed E-state index contributed by atoms with van der Waals surface area (Å²) in [6, 6.07) is 1.83. The number of ketones is 1. The predicted molar refractivity (Wildman–Crippen MR) is 54.6 cm³/mol. The van der Waals surface area contributed by atoms with Crippen LogP contribution in [-0.2, 0) is 14.3 Å². The fraction of sp³-hybridized carbons (Fsp3) is 0.500. The van der Waals surface area contributed by atoms with Gasteiger partial charge in [-0.25, -0.2) is 4.68 Å². The van der Waals surface area contributed by atoms with Gasteiger partial charge in [0.15, 0.2) is 5.78 Å². The Morgan fingerprint density at radius 2 is 2.12 bits per heavy atom.